The first kappa shape index (κ1) is 11.9. The Balaban J connectivity index is 2.63. The van der Waals surface area contributed by atoms with E-state index in [2.05, 4.69) is 0 Å². The molecule has 0 amide bonds. The second-order valence-electron chi connectivity index (χ2n) is 3.14. The van der Waals surface area contributed by atoms with E-state index >= 15 is 0 Å². The lowest BCUT2D eigenvalue weighted by Crippen LogP contribution is -2.56. The Morgan fingerprint density at radius 1 is 0.600 bits per heavy atom. The summed E-state index contributed by atoms with van der Waals surface area (Å²) in [7, 11) is 6.00. The first-order chi connectivity index (χ1) is 7.30. The summed E-state index contributed by atoms with van der Waals surface area (Å²) >= 11 is 0. The van der Waals surface area contributed by atoms with Crippen molar-refractivity contribution >= 4 is 22.6 Å². The molecule has 15 heavy (non-hydrogen) atoms. The standard InChI is InChI=1S/C9H15B3N3/c1-4-7-13-10-14(8-5-2)12-15(11-13)9-6-3/h4-9H,1-3H3. The quantitative estimate of drug-likeness (QED) is 0.628. The van der Waals surface area contributed by atoms with Crippen molar-refractivity contribution in [2.24, 2.45) is 0 Å². The van der Waals surface area contributed by atoms with Gasteiger partial charge in [0, 0.05) is 0 Å². The molecule has 3 radical (unpaired) electrons. The smallest absolute Gasteiger partial charge is 0.364 e. The Morgan fingerprint density at radius 2 is 0.867 bits per heavy atom. The summed E-state index contributed by atoms with van der Waals surface area (Å²) in [6.07, 6.45) is 12.0. The van der Waals surface area contributed by atoms with Gasteiger partial charge in [-0.05, 0) is 39.4 Å². The fourth-order valence-electron chi connectivity index (χ4n) is 1.30. The molecule has 1 aliphatic heterocycles. The van der Waals surface area contributed by atoms with E-state index in [0.717, 1.165) is 0 Å². The molecule has 0 aromatic heterocycles. The van der Waals surface area contributed by atoms with Crippen LogP contribution in [0, 0.1) is 0 Å². The van der Waals surface area contributed by atoms with Crippen LogP contribution in [0.2, 0.25) is 0 Å². The molecular formula is C9H15B3N3. The van der Waals surface area contributed by atoms with Gasteiger partial charge in [0.25, 0.3) is 0 Å². The topological polar surface area (TPSA) is 9.72 Å². The van der Waals surface area contributed by atoms with E-state index in [1.54, 1.807) is 0 Å². The van der Waals surface area contributed by atoms with Gasteiger partial charge in [-0.3, -0.25) is 0 Å². The molecule has 1 fully saturated rings. The normalized spacial score (nSPS) is 17.4. The number of hydrogen-bond acceptors (Lipinski definition) is 3. The van der Waals surface area contributed by atoms with Crippen molar-refractivity contribution < 1.29 is 0 Å². The molecule has 6 heteroatoms. The van der Waals surface area contributed by atoms with Crippen LogP contribution in [-0.2, 0) is 0 Å². The van der Waals surface area contributed by atoms with Crippen molar-refractivity contribution in [1.29, 1.82) is 0 Å². The van der Waals surface area contributed by atoms with E-state index in [-0.39, 0.29) is 0 Å². The number of hydrogen-bond donors (Lipinski definition) is 0. The van der Waals surface area contributed by atoms with Gasteiger partial charge in [0.1, 0.15) is 0 Å². The predicted octanol–water partition coefficient (Wildman–Crippen LogP) is 1.11. The van der Waals surface area contributed by atoms with Crippen LogP contribution in [0.5, 0.6) is 0 Å². The molecule has 1 saturated heterocycles. The fraction of sp³-hybridized carbons (Fsp3) is 0.333. The van der Waals surface area contributed by atoms with Gasteiger partial charge in [0.15, 0.2) is 0 Å². The van der Waals surface area contributed by atoms with Gasteiger partial charge in [0.2, 0.25) is 0 Å². The zero-order chi connectivity index (χ0) is 11.1. The van der Waals surface area contributed by atoms with Gasteiger partial charge < -0.3 is 14.2 Å². The van der Waals surface area contributed by atoms with Crippen molar-refractivity contribution in [3.8, 4) is 0 Å². The average Bonchev–Trinajstić information content (AvgIpc) is 2.19. The monoisotopic (exact) mass is 198 g/mol. The fourth-order valence-corrected chi connectivity index (χ4v) is 1.30. The molecule has 3 nitrogen and oxygen atoms in total. The Bertz CT molecular complexity index is 217. The summed E-state index contributed by atoms with van der Waals surface area (Å²) in [6, 6.07) is 0. The average molecular weight is 198 g/mol. The predicted molar refractivity (Wildman–Crippen MR) is 67.2 cm³/mol. The van der Waals surface area contributed by atoms with E-state index in [0.29, 0.717) is 0 Å². The molecule has 1 rings (SSSR count). The van der Waals surface area contributed by atoms with Crippen LogP contribution in [0.3, 0.4) is 0 Å². The SMILES string of the molecule is CC=CN1[B]N(C=CC)[B]N(C=CC)[B]1. The van der Waals surface area contributed by atoms with Crippen LogP contribution in [0.15, 0.2) is 36.8 Å². The van der Waals surface area contributed by atoms with Crippen LogP contribution in [0.25, 0.3) is 0 Å². The maximum Gasteiger partial charge on any atom is 0.364 e. The molecule has 1 aliphatic rings. The van der Waals surface area contributed by atoms with E-state index in [1.165, 1.54) is 0 Å². The first-order valence-electron chi connectivity index (χ1n) is 5.06. The summed E-state index contributed by atoms with van der Waals surface area (Å²) in [5.74, 6) is 0. The molecule has 75 valence electrons. The maximum absolute atomic E-state index is 2.00. The number of rotatable bonds is 3. The summed E-state index contributed by atoms with van der Waals surface area (Å²) < 4.78 is 6.00. The minimum Gasteiger partial charge on any atom is -0.437 e. The van der Waals surface area contributed by atoms with Crippen LogP contribution in [-0.4, -0.2) is 36.8 Å². The van der Waals surface area contributed by atoms with Gasteiger partial charge in [-0.15, -0.1) is 0 Å². The zero-order valence-corrected chi connectivity index (χ0v) is 9.54. The minimum absolute atomic E-state index is 2.00. The van der Waals surface area contributed by atoms with Crippen molar-refractivity contribution in [1.82, 2.24) is 14.2 Å². The summed E-state index contributed by atoms with van der Waals surface area (Å²) in [5, 5.41) is 0. The van der Waals surface area contributed by atoms with Crippen molar-refractivity contribution in [3.63, 3.8) is 0 Å². The number of allylic oxidation sites excluding steroid dienone is 3. The third kappa shape index (κ3) is 3.82. The molecule has 0 atom stereocenters. The van der Waals surface area contributed by atoms with Crippen molar-refractivity contribution in [2.75, 3.05) is 0 Å². The minimum atomic E-state index is 2.00. The molecule has 0 aliphatic carbocycles. The molecule has 0 N–H and O–H groups in total. The highest BCUT2D eigenvalue weighted by atomic mass is 15.2. The third-order valence-corrected chi connectivity index (χ3v) is 1.76. The Kier molecular flexibility index (Phi) is 5.01. The van der Waals surface area contributed by atoms with Gasteiger partial charge >= 0.3 is 22.6 Å². The second kappa shape index (κ2) is 6.33. The molecule has 0 spiro atoms. The van der Waals surface area contributed by atoms with Gasteiger partial charge in [-0.1, -0.05) is 18.2 Å². The van der Waals surface area contributed by atoms with E-state index in [1.807, 2.05) is 94.4 Å². The lowest BCUT2D eigenvalue weighted by atomic mass is 9.75. The first-order valence-corrected chi connectivity index (χ1v) is 5.06. The van der Waals surface area contributed by atoms with E-state index in [4.69, 9.17) is 0 Å². The highest BCUT2D eigenvalue weighted by Crippen LogP contribution is 2.03. The summed E-state index contributed by atoms with van der Waals surface area (Å²) in [5.41, 5.74) is 0. The molecule has 0 aromatic carbocycles. The van der Waals surface area contributed by atoms with E-state index < -0.39 is 0 Å². The van der Waals surface area contributed by atoms with Gasteiger partial charge in [-0.2, -0.15) is 0 Å². The van der Waals surface area contributed by atoms with Crippen LogP contribution < -0.4 is 0 Å². The lowest BCUT2D eigenvalue weighted by Gasteiger charge is -2.38. The molecular weight excluding hydrogens is 183 g/mol. The molecule has 0 saturated carbocycles. The van der Waals surface area contributed by atoms with Crippen LogP contribution >= 0.6 is 0 Å². The highest BCUT2D eigenvalue weighted by molar-refractivity contribution is 6.65. The Labute approximate surface area is 95.0 Å². The van der Waals surface area contributed by atoms with Crippen LogP contribution in [0.1, 0.15) is 20.8 Å². The Morgan fingerprint density at radius 3 is 1.07 bits per heavy atom. The number of nitrogens with zero attached hydrogens (tertiary/aromatic N) is 3. The van der Waals surface area contributed by atoms with Gasteiger partial charge in [0.05, 0.1) is 0 Å². The largest absolute Gasteiger partial charge is 0.437 e. The van der Waals surface area contributed by atoms with Crippen molar-refractivity contribution in [3.05, 3.63) is 36.8 Å². The second-order valence-corrected chi connectivity index (χ2v) is 3.14. The highest BCUT2D eigenvalue weighted by Gasteiger charge is 2.23. The lowest BCUT2D eigenvalue weighted by molar-refractivity contribution is 0.672. The van der Waals surface area contributed by atoms with Gasteiger partial charge in [-0.25, -0.2) is 0 Å². The van der Waals surface area contributed by atoms with Crippen molar-refractivity contribution in [2.45, 2.75) is 20.8 Å². The molecule has 0 bridgehead atoms. The summed E-state index contributed by atoms with van der Waals surface area (Å²) in [6.45, 7) is 6.00. The molecule has 0 unspecified atom stereocenters. The zero-order valence-electron chi connectivity index (χ0n) is 9.54. The van der Waals surface area contributed by atoms with E-state index in [9.17, 15) is 0 Å². The Hall–Kier alpha value is -1.19. The maximum atomic E-state index is 2.00. The molecule has 0 aromatic rings. The third-order valence-electron chi connectivity index (χ3n) is 1.76. The summed E-state index contributed by atoms with van der Waals surface area (Å²) in [4.78, 5) is 0. The van der Waals surface area contributed by atoms with Crippen LogP contribution in [0.4, 0.5) is 0 Å². The molecule has 1 heterocycles.